The Hall–Kier alpha value is -3.53. The van der Waals surface area contributed by atoms with Gasteiger partial charge >= 0.3 is 12.2 Å². The number of nitrogens with one attached hydrogen (secondary N) is 1. The molecule has 0 radical (unpaired) electrons. The molecule has 0 bridgehead atoms. The van der Waals surface area contributed by atoms with Crippen LogP contribution in [0.3, 0.4) is 0 Å². The van der Waals surface area contributed by atoms with Gasteiger partial charge in [0.15, 0.2) is 0 Å². The number of rotatable bonds is 4. The summed E-state index contributed by atoms with van der Waals surface area (Å²) < 4.78 is 10.4. The first kappa shape index (κ1) is 21.8. The minimum atomic E-state index is -0.584. The van der Waals surface area contributed by atoms with Gasteiger partial charge < -0.3 is 14.4 Å². The average molecular weight is 395 g/mol. The first-order valence-electron chi connectivity index (χ1n) is 9.10. The topological polar surface area (TPSA) is 80.8 Å². The zero-order valence-corrected chi connectivity index (χ0v) is 17.1. The van der Waals surface area contributed by atoms with E-state index in [4.69, 9.17) is 9.47 Å². The Kier molecular flexibility index (Phi) is 7.61. The van der Waals surface area contributed by atoms with Crippen molar-refractivity contribution in [2.45, 2.75) is 33.0 Å². The number of nitrogens with zero attached hydrogens (tertiary/aromatic N) is 2. The van der Waals surface area contributed by atoms with Crippen LogP contribution in [-0.4, -0.2) is 41.3 Å². The van der Waals surface area contributed by atoms with Gasteiger partial charge in [-0.1, -0.05) is 36.3 Å². The van der Waals surface area contributed by atoms with Crippen molar-refractivity contribution in [2.24, 2.45) is 0 Å². The third-order valence-electron chi connectivity index (χ3n) is 3.45. The molecule has 0 aliphatic carbocycles. The third-order valence-corrected chi connectivity index (χ3v) is 3.45. The van der Waals surface area contributed by atoms with E-state index in [9.17, 15) is 9.59 Å². The van der Waals surface area contributed by atoms with Crippen LogP contribution in [0.15, 0.2) is 48.7 Å². The van der Waals surface area contributed by atoms with Gasteiger partial charge in [0.05, 0.1) is 6.54 Å². The minimum absolute atomic E-state index is 0.180. The molecule has 0 aliphatic rings. The van der Waals surface area contributed by atoms with E-state index in [0.717, 1.165) is 5.56 Å². The second-order valence-electron chi connectivity index (χ2n) is 7.25. The van der Waals surface area contributed by atoms with E-state index in [0.29, 0.717) is 11.4 Å². The molecule has 1 heterocycles. The Bertz CT molecular complexity index is 896. The van der Waals surface area contributed by atoms with Gasteiger partial charge in [0, 0.05) is 18.9 Å². The molecule has 0 spiro atoms. The van der Waals surface area contributed by atoms with Crippen LogP contribution in [0.25, 0.3) is 0 Å². The van der Waals surface area contributed by atoms with Crippen LogP contribution in [0.1, 0.15) is 32.0 Å². The van der Waals surface area contributed by atoms with Crippen molar-refractivity contribution in [1.29, 1.82) is 0 Å². The zero-order chi connectivity index (χ0) is 21.3. The highest BCUT2D eigenvalue weighted by molar-refractivity contribution is 5.84. The summed E-state index contributed by atoms with van der Waals surface area (Å²) in [7, 11) is 1.61. The van der Waals surface area contributed by atoms with Gasteiger partial charge in [-0.3, -0.25) is 5.32 Å². The van der Waals surface area contributed by atoms with Crippen LogP contribution in [0.4, 0.5) is 15.3 Å². The molecule has 0 unspecified atom stereocenters. The van der Waals surface area contributed by atoms with Gasteiger partial charge in [0.2, 0.25) is 0 Å². The Balaban J connectivity index is 1.86. The Morgan fingerprint density at radius 3 is 2.59 bits per heavy atom. The van der Waals surface area contributed by atoms with E-state index in [1.165, 1.54) is 11.1 Å². The minimum Gasteiger partial charge on any atom is -0.445 e. The van der Waals surface area contributed by atoms with Crippen LogP contribution in [0, 0.1) is 11.8 Å². The highest BCUT2D eigenvalue weighted by Gasteiger charge is 2.16. The van der Waals surface area contributed by atoms with Crippen molar-refractivity contribution >= 4 is 17.9 Å². The number of aromatic nitrogens is 1. The summed E-state index contributed by atoms with van der Waals surface area (Å²) in [6.45, 7) is 5.75. The summed E-state index contributed by atoms with van der Waals surface area (Å²) in [5, 5.41) is 2.64. The van der Waals surface area contributed by atoms with E-state index in [1.807, 2.05) is 30.3 Å². The van der Waals surface area contributed by atoms with Crippen molar-refractivity contribution < 1.29 is 19.1 Å². The van der Waals surface area contributed by atoms with Gasteiger partial charge in [-0.2, -0.15) is 0 Å². The Morgan fingerprint density at radius 1 is 1.17 bits per heavy atom. The van der Waals surface area contributed by atoms with E-state index in [2.05, 4.69) is 22.1 Å². The molecular weight excluding hydrogens is 370 g/mol. The molecule has 7 nitrogen and oxygen atoms in total. The molecule has 0 saturated heterocycles. The monoisotopic (exact) mass is 395 g/mol. The summed E-state index contributed by atoms with van der Waals surface area (Å²) in [5.41, 5.74) is 1.32. The molecule has 29 heavy (non-hydrogen) atoms. The first-order chi connectivity index (χ1) is 13.7. The fourth-order valence-electron chi connectivity index (χ4n) is 2.14. The molecular formula is C22H25N3O4. The number of ether oxygens (including phenoxy) is 2. The van der Waals surface area contributed by atoms with Gasteiger partial charge in [0.25, 0.3) is 0 Å². The molecule has 2 rings (SSSR count). The van der Waals surface area contributed by atoms with E-state index < -0.39 is 17.8 Å². The van der Waals surface area contributed by atoms with Crippen molar-refractivity contribution in [1.82, 2.24) is 9.88 Å². The summed E-state index contributed by atoms with van der Waals surface area (Å²) in [6.07, 6.45) is 0.522. The first-order valence-corrected chi connectivity index (χ1v) is 9.10. The molecule has 1 N–H and O–H groups in total. The molecule has 1 aromatic carbocycles. The van der Waals surface area contributed by atoms with E-state index in [-0.39, 0.29) is 13.2 Å². The molecule has 7 heteroatoms. The maximum absolute atomic E-state index is 12.0. The third kappa shape index (κ3) is 8.35. The highest BCUT2D eigenvalue weighted by Crippen LogP contribution is 2.12. The van der Waals surface area contributed by atoms with Crippen molar-refractivity contribution in [3.63, 3.8) is 0 Å². The normalized spacial score (nSPS) is 10.3. The number of carbonyl (C=O) groups is 2. The predicted octanol–water partition coefficient (Wildman–Crippen LogP) is 4.05. The SMILES string of the molecule is CN(CC#Cc1cc(NC(=O)OC(C)(C)C)ccn1)C(=O)OCc1ccccc1. The van der Waals surface area contributed by atoms with Crippen LogP contribution in [0.5, 0.6) is 0 Å². The van der Waals surface area contributed by atoms with Crippen LogP contribution >= 0.6 is 0 Å². The number of carbonyl (C=O) groups excluding carboxylic acids is 2. The molecule has 0 aliphatic heterocycles. The molecule has 0 saturated carbocycles. The van der Waals surface area contributed by atoms with Crippen molar-refractivity contribution in [3.8, 4) is 11.8 Å². The lowest BCUT2D eigenvalue weighted by Crippen LogP contribution is -2.27. The maximum Gasteiger partial charge on any atom is 0.412 e. The number of hydrogen-bond acceptors (Lipinski definition) is 5. The smallest absolute Gasteiger partial charge is 0.412 e. The number of pyridine rings is 1. The van der Waals surface area contributed by atoms with Crippen molar-refractivity contribution in [2.75, 3.05) is 18.9 Å². The lowest BCUT2D eigenvalue weighted by atomic mass is 10.2. The van der Waals surface area contributed by atoms with Gasteiger partial charge in [-0.05, 0) is 44.4 Å². The number of anilines is 1. The largest absolute Gasteiger partial charge is 0.445 e. The zero-order valence-electron chi connectivity index (χ0n) is 17.1. The Morgan fingerprint density at radius 2 is 1.90 bits per heavy atom. The second-order valence-corrected chi connectivity index (χ2v) is 7.25. The van der Waals surface area contributed by atoms with Crippen LogP contribution in [-0.2, 0) is 16.1 Å². The Labute approximate surface area is 171 Å². The van der Waals surface area contributed by atoms with Crippen molar-refractivity contribution in [3.05, 3.63) is 59.9 Å². The molecule has 2 amide bonds. The molecule has 152 valence electrons. The second kappa shape index (κ2) is 10.1. The number of benzene rings is 1. The van der Waals surface area contributed by atoms with Gasteiger partial charge in [-0.15, -0.1) is 0 Å². The standard InChI is InChI=1S/C22H25N3O4/c1-22(2,3)29-20(26)24-19-12-13-23-18(15-19)11-8-14-25(4)21(27)28-16-17-9-6-5-7-10-17/h5-7,9-10,12-13,15H,14,16H2,1-4H3,(H,23,24,26). The molecule has 0 fully saturated rings. The summed E-state index contributed by atoms with van der Waals surface area (Å²) in [5.74, 6) is 5.73. The van der Waals surface area contributed by atoms with Gasteiger partial charge in [-0.25, -0.2) is 14.6 Å². The number of hydrogen-bond donors (Lipinski definition) is 1. The lowest BCUT2D eigenvalue weighted by Gasteiger charge is -2.19. The molecule has 1 aromatic heterocycles. The molecule has 0 atom stereocenters. The van der Waals surface area contributed by atoms with Crippen LogP contribution in [0.2, 0.25) is 0 Å². The summed E-state index contributed by atoms with van der Waals surface area (Å²) in [4.78, 5) is 29.4. The fourth-order valence-corrected chi connectivity index (χ4v) is 2.14. The van der Waals surface area contributed by atoms with E-state index in [1.54, 1.807) is 40.0 Å². The van der Waals surface area contributed by atoms with Crippen LogP contribution < -0.4 is 5.32 Å². The average Bonchev–Trinajstić information content (AvgIpc) is 2.65. The molecule has 2 aromatic rings. The van der Waals surface area contributed by atoms with Gasteiger partial charge in [0.1, 0.15) is 17.9 Å². The maximum atomic E-state index is 12.0. The summed E-state index contributed by atoms with van der Waals surface area (Å²) in [6, 6.07) is 12.7. The highest BCUT2D eigenvalue weighted by atomic mass is 16.6. The number of amides is 2. The summed E-state index contributed by atoms with van der Waals surface area (Å²) >= 11 is 0. The van der Waals surface area contributed by atoms with E-state index >= 15 is 0 Å². The quantitative estimate of drug-likeness (QED) is 0.790. The fraction of sp³-hybridized carbons (Fsp3) is 0.318. The lowest BCUT2D eigenvalue weighted by molar-refractivity contribution is 0.0636. The predicted molar refractivity (Wildman–Crippen MR) is 110 cm³/mol.